The van der Waals surface area contributed by atoms with E-state index in [4.69, 9.17) is 15.2 Å². The van der Waals surface area contributed by atoms with Gasteiger partial charge in [-0.1, -0.05) is 0 Å². The van der Waals surface area contributed by atoms with Gasteiger partial charge in [-0.3, -0.25) is 19.5 Å². The van der Waals surface area contributed by atoms with Crippen molar-refractivity contribution in [1.29, 1.82) is 0 Å². The van der Waals surface area contributed by atoms with Gasteiger partial charge in [0.05, 0.1) is 29.3 Å². The second kappa shape index (κ2) is 6.57. The highest BCUT2D eigenvalue weighted by Gasteiger charge is 2.75. The first kappa shape index (κ1) is 19.4. The number of hydrogen-bond acceptors (Lipinski definition) is 9. The van der Waals surface area contributed by atoms with Gasteiger partial charge < -0.3 is 20.1 Å². The Kier molecular flexibility index (Phi) is 4.55. The van der Waals surface area contributed by atoms with E-state index in [1.165, 1.54) is 0 Å². The number of rotatable bonds is 5. The van der Waals surface area contributed by atoms with Crippen molar-refractivity contribution in [2.24, 2.45) is 22.6 Å². The molecule has 9 nitrogen and oxygen atoms in total. The minimum Gasteiger partial charge on any atom is -0.449 e. The van der Waals surface area contributed by atoms with Crippen LogP contribution in [0.5, 0.6) is 0 Å². The normalized spacial score (nSPS) is 39.9. The lowest BCUT2D eigenvalue weighted by Crippen LogP contribution is -2.55. The molecule has 0 aromatic heterocycles. The van der Waals surface area contributed by atoms with Crippen molar-refractivity contribution >= 4 is 36.0 Å². The summed E-state index contributed by atoms with van der Waals surface area (Å²) in [6.07, 6.45) is -0.933. The summed E-state index contributed by atoms with van der Waals surface area (Å²) in [6.45, 7) is 2.49. The number of allylic oxidation sites excluding steroid dienone is 1. The maximum Gasteiger partial charge on any atom is 0.404 e. The molecular formula is C18H24N4O5S. The molecule has 0 aromatic rings. The fourth-order valence-corrected chi connectivity index (χ4v) is 5.28. The van der Waals surface area contributed by atoms with Crippen LogP contribution in [0.25, 0.3) is 0 Å². The molecule has 0 spiro atoms. The van der Waals surface area contributed by atoms with Crippen LogP contribution >= 0.6 is 12.6 Å². The maximum absolute atomic E-state index is 13.4. The van der Waals surface area contributed by atoms with E-state index >= 15 is 0 Å². The second-order valence-corrected chi connectivity index (χ2v) is 8.04. The topological polar surface area (TPSA) is 114 Å². The Bertz CT molecular complexity index is 827. The van der Waals surface area contributed by atoms with Crippen molar-refractivity contribution < 1.29 is 23.9 Å². The molecule has 2 N–H and O–H groups in total. The van der Waals surface area contributed by atoms with Gasteiger partial charge in [0.2, 0.25) is 5.78 Å². The first-order valence-corrected chi connectivity index (χ1v) is 9.89. The fraction of sp³-hybridized carbons (Fsp3) is 0.667. The number of hydrogen-bond donors (Lipinski definition) is 2. The highest BCUT2D eigenvalue weighted by atomic mass is 32.1. The number of Topliss-reactive ketones (excluding diaryl/α,β-unsaturated/α-hetero) is 2. The van der Waals surface area contributed by atoms with Gasteiger partial charge in [-0.05, 0) is 14.0 Å². The molecule has 10 heteroatoms. The zero-order chi connectivity index (χ0) is 20.4. The summed E-state index contributed by atoms with van der Waals surface area (Å²) in [5, 5.41) is 0. The Morgan fingerprint density at radius 3 is 2.75 bits per heavy atom. The Labute approximate surface area is 168 Å². The van der Waals surface area contributed by atoms with E-state index in [1.54, 1.807) is 14.0 Å². The van der Waals surface area contributed by atoms with E-state index in [0.29, 0.717) is 30.1 Å². The molecule has 4 aliphatic rings. The Morgan fingerprint density at radius 2 is 2.14 bits per heavy atom. The Hall–Kier alpha value is -1.91. The van der Waals surface area contributed by atoms with E-state index in [2.05, 4.69) is 22.5 Å². The predicted molar refractivity (Wildman–Crippen MR) is 103 cm³/mol. The zero-order valence-electron chi connectivity index (χ0n) is 16.0. The van der Waals surface area contributed by atoms with Gasteiger partial charge in [0.15, 0.2) is 11.5 Å². The summed E-state index contributed by atoms with van der Waals surface area (Å²) in [5.41, 5.74) is 5.17. The molecule has 1 aliphatic carbocycles. The summed E-state index contributed by atoms with van der Waals surface area (Å²) < 4.78 is 11.1. The summed E-state index contributed by atoms with van der Waals surface area (Å²) in [7, 11) is 3.54. The highest BCUT2D eigenvalue weighted by Crippen LogP contribution is 2.59. The third-order valence-corrected chi connectivity index (χ3v) is 6.64. The van der Waals surface area contributed by atoms with Crippen LogP contribution in [-0.2, 0) is 19.1 Å². The van der Waals surface area contributed by atoms with Crippen LogP contribution in [0.15, 0.2) is 16.3 Å². The molecule has 3 aliphatic heterocycles. The molecule has 2 saturated heterocycles. The number of nitrogens with two attached hydrogens (primary N) is 1. The molecule has 4 rings (SSSR count). The van der Waals surface area contributed by atoms with Gasteiger partial charge in [0.25, 0.3) is 0 Å². The fourth-order valence-electron chi connectivity index (χ4n) is 5.18. The Balaban J connectivity index is 1.83. The lowest BCUT2D eigenvalue weighted by molar-refractivity contribution is -0.145. The van der Waals surface area contributed by atoms with Crippen molar-refractivity contribution in [3.63, 3.8) is 0 Å². The van der Waals surface area contributed by atoms with Crippen molar-refractivity contribution in [3.05, 3.63) is 11.3 Å². The molecular weight excluding hydrogens is 384 g/mol. The van der Waals surface area contributed by atoms with Gasteiger partial charge in [-0.25, -0.2) is 4.79 Å². The number of thiol groups is 1. The number of carbonyl (C=O) groups excluding carboxylic acids is 3. The largest absolute Gasteiger partial charge is 0.449 e. The number of ketones is 2. The van der Waals surface area contributed by atoms with E-state index < -0.39 is 23.7 Å². The van der Waals surface area contributed by atoms with Crippen LogP contribution < -0.4 is 5.73 Å². The van der Waals surface area contributed by atoms with Crippen molar-refractivity contribution in [1.82, 2.24) is 9.80 Å². The van der Waals surface area contributed by atoms with Crippen molar-refractivity contribution in [3.8, 4) is 0 Å². The van der Waals surface area contributed by atoms with Crippen LogP contribution in [-0.4, -0.2) is 90.6 Å². The molecule has 2 fully saturated rings. The second-order valence-electron chi connectivity index (χ2n) is 7.59. The quantitative estimate of drug-likeness (QED) is 0.464. The third-order valence-electron chi connectivity index (χ3n) is 6.44. The van der Waals surface area contributed by atoms with Gasteiger partial charge in [-0.2, -0.15) is 12.6 Å². The Morgan fingerprint density at radius 1 is 1.43 bits per heavy atom. The molecule has 28 heavy (non-hydrogen) atoms. The molecule has 6 unspecified atom stereocenters. The average molecular weight is 408 g/mol. The van der Waals surface area contributed by atoms with Crippen LogP contribution in [0.1, 0.15) is 6.92 Å². The van der Waals surface area contributed by atoms with Crippen LogP contribution in [0.4, 0.5) is 4.79 Å². The van der Waals surface area contributed by atoms with Gasteiger partial charge in [0, 0.05) is 37.6 Å². The summed E-state index contributed by atoms with van der Waals surface area (Å²) in [4.78, 5) is 46.3. The lowest BCUT2D eigenvalue weighted by Gasteiger charge is -2.40. The molecule has 0 saturated carbocycles. The van der Waals surface area contributed by atoms with Gasteiger partial charge in [0.1, 0.15) is 6.61 Å². The number of aliphatic imine (C=N–C) groups is 1. The highest BCUT2D eigenvalue weighted by molar-refractivity contribution is 7.80. The van der Waals surface area contributed by atoms with Crippen LogP contribution in [0, 0.1) is 11.8 Å². The molecule has 0 radical (unpaired) electrons. The molecule has 3 heterocycles. The number of nitrogens with zero attached hydrogens (tertiary/aromatic N) is 3. The van der Waals surface area contributed by atoms with Crippen molar-refractivity contribution in [2.75, 3.05) is 39.6 Å². The average Bonchev–Trinajstić information content (AvgIpc) is 3.04. The van der Waals surface area contributed by atoms with E-state index in [-0.39, 0.29) is 36.0 Å². The van der Waals surface area contributed by atoms with Crippen LogP contribution in [0.2, 0.25) is 0 Å². The minimum absolute atomic E-state index is 0.00156. The first-order chi connectivity index (χ1) is 13.3. The van der Waals surface area contributed by atoms with Crippen LogP contribution in [0.3, 0.4) is 0 Å². The number of ether oxygens (including phenoxy) is 2. The van der Waals surface area contributed by atoms with Crippen molar-refractivity contribution in [2.45, 2.75) is 24.7 Å². The van der Waals surface area contributed by atoms with Gasteiger partial charge in [-0.15, -0.1) is 0 Å². The molecule has 152 valence electrons. The number of likely N-dealkylation sites (N-methyl/N-ethyl adjacent to an activating group) is 1. The van der Waals surface area contributed by atoms with E-state index in [0.717, 1.165) is 0 Å². The van der Waals surface area contributed by atoms with E-state index in [9.17, 15) is 14.4 Å². The smallest absolute Gasteiger partial charge is 0.404 e. The number of methoxy groups -OCH3 is 1. The SMILES string of the molecule is COC12C(COC(N)=O)C3=C(C(=O)C(C)C(=NCCS)C3=O)N1CC1C2N1C. The zero-order valence-corrected chi connectivity index (χ0v) is 16.9. The molecule has 0 aromatic carbocycles. The number of primary amides is 1. The number of carbonyl (C=O) groups is 3. The monoisotopic (exact) mass is 408 g/mol. The predicted octanol–water partition coefficient (Wildman–Crippen LogP) is -0.535. The first-order valence-electron chi connectivity index (χ1n) is 9.26. The lowest BCUT2D eigenvalue weighted by atomic mass is 9.78. The molecule has 0 bridgehead atoms. The molecule has 6 atom stereocenters. The standard InChI is InChI=1S/C18H24N4O5S/c1-8-12(20-4-5-28)15(24)11-9(7-27-17(19)25)18(26-3)16-10(21(16)2)6-22(18)13(11)14(8)23/h8-10,16,28H,4-7H2,1-3H3,(H2,19,25). The summed E-state index contributed by atoms with van der Waals surface area (Å²) in [5.74, 6) is -1.22. The molecule has 1 amide bonds. The van der Waals surface area contributed by atoms with Gasteiger partial charge >= 0.3 is 6.09 Å². The van der Waals surface area contributed by atoms with E-state index in [1.807, 2.05) is 11.9 Å². The number of amides is 1. The number of piperazine rings is 1. The summed E-state index contributed by atoms with van der Waals surface area (Å²) >= 11 is 4.14. The summed E-state index contributed by atoms with van der Waals surface area (Å²) in [6, 6.07) is 0.223. The number of fused-ring (bicyclic) bond motifs is 4. The third kappa shape index (κ3) is 2.34. The minimum atomic E-state index is -0.941. The maximum atomic E-state index is 13.4.